The summed E-state index contributed by atoms with van der Waals surface area (Å²) in [7, 11) is 0. The summed E-state index contributed by atoms with van der Waals surface area (Å²) in [6.07, 6.45) is 4.13. The van der Waals surface area contributed by atoms with Gasteiger partial charge in [0.25, 0.3) is 5.91 Å². The van der Waals surface area contributed by atoms with Crippen molar-refractivity contribution in [2.75, 3.05) is 23.8 Å². The normalized spacial score (nSPS) is 16.5. The quantitative estimate of drug-likeness (QED) is 0.792. The maximum Gasteiger partial charge on any atom is 0.255 e. The van der Waals surface area contributed by atoms with Crippen molar-refractivity contribution in [3.63, 3.8) is 0 Å². The zero-order valence-corrected chi connectivity index (χ0v) is 15.2. The third kappa shape index (κ3) is 5.20. The highest BCUT2D eigenvalue weighted by molar-refractivity contribution is 6.04. The average molecular weight is 355 g/mol. The number of nitrogens with one attached hydrogen (secondary N) is 2. The zero-order valence-electron chi connectivity index (χ0n) is 15.2. The molecule has 1 amide bonds. The first-order valence-corrected chi connectivity index (χ1v) is 9.00. The fraction of sp³-hybridized carbons (Fsp3) is 0.400. The first kappa shape index (κ1) is 18.2. The lowest BCUT2D eigenvalue weighted by atomic mass is 10.2. The van der Waals surface area contributed by atoms with Crippen LogP contribution in [0.2, 0.25) is 0 Å². The van der Waals surface area contributed by atoms with Crippen LogP contribution >= 0.6 is 0 Å². The van der Waals surface area contributed by atoms with Crippen LogP contribution in [0.4, 0.5) is 11.5 Å². The number of carbonyl (C=O) groups excluding carboxylic acids is 1. The second kappa shape index (κ2) is 8.67. The van der Waals surface area contributed by atoms with Gasteiger partial charge in [-0.05, 0) is 63.1 Å². The lowest BCUT2D eigenvalue weighted by Crippen LogP contribution is -2.19. The molecular weight excluding hydrogens is 330 g/mol. The van der Waals surface area contributed by atoms with Crippen LogP contribution in [0.15, 0.2) is 42.6 Å². The Bertz CT molecular complexity index is 725. The second-order valence-electron chi connectivity index (χ2n) is 6.59. The van der Waals surface area contributed by atoms with Gasteiger partial charge in [0.05, 0.1) is 12.2 Å². The van der Waals surface area contributed by atoms with Crippen molar-refractivity contribution >= 4 is 17.4 Å². The Labute approximate surface area is 153 Å². The van der Waals surface area contributed by atoms with Crippen LogP contribution in [0.1, 0.15) is 37.0 Å². The Hall–Kier alpha value is -2.60. The molecule has 1 aromatic carbocycles. The molecule has 1 unspecified atom stereocenters. The van der Waals surface area contributed by atoms with Gasteiger partial charge in [0.15, 0.2) is 0 Å². The van der Waals surface area contributed by atoms with Gasteiger partial charge in [-0.25, -0.2) is 4.98 Å². The van der Waals surface area contributed by atoms with E-state index in [1.54, 1.807) is 18.3 Å². The molecule has 1 aliphatic rings. The van der Waals surface area contributed by atoms with E-state index in [0.717, 1.165) is 30.9 Å². The Morgan fingerprint density at radius 1 is 1.31 bits per heavy atom. The molecular formula is C20H25N3O3. The van der Waals surface area contributed by atoms with Crippen LogP contribution in [0, 0.1) is 0 Å². The second-order valence-corrected chi connectivity index (χ2v) is 6.59. The van der Waals surface area contributed by atoms with Gasteiger partial charge in [0, 0.05) is 30.6 Å². The number of anilines is 2. The van der Waals surface area contributed by atoms with E-state index in [4.69, 9.17) is 9.47 Å². The molecule has 1 aliphatic heterocycles. The zero-order chi connectivity index (χ0) is 18.4. The Kier molecular flexibility index (Phi) is 6.07. The highest BCUT2D eigenvalue weighted by atomic mass is 16.5. The van der Waals surface area contributed by atoms with E-state index in [1.807, 2.05) is 38.1 Å². The molecule has 1 fully saturated rings. The molecule has 26 heavy (non-hydrogen) atoms. The van der Waals surface area contributed by atoms with Gasteiger partial charge >= 0.3 is 0 Å². The van der Waals surface area contributed by atoms with E-state index >= 15 is 0 Å². The van der Waals surface area contributed by atoms with E-state index < -0.39 is 0 Å². The Morgan fingerprint density at radius 2 is 2.12 bits per heavy atom. The van der Waals surface area contributed by atoms with Gasteiger partial charge in [0.2, 0.25) is 0 Å². The Balaban J connectivity index is 1.57. The number of pyridine rings is 1. The largest absolute Gasteiger partial charge is 0.491 e. The summed E-state index contributed by atoms with van der Waals surface area (Å²) in [5.41, 5.74) is 1.27. The average Bonchev–Trinajstić information content (AvgIpc) is 3.15. The lowest BCUT2D eigenvalue weighted by Gasteiger charge is -2.12. The first-order chi connectivity index (χ1) is 12.6. The molecule has 138 valence electrons. The van der Waals surface area contributed by atoms with Gasteiger partial charge < -0.3 is 20.1 Å². The number of ether oxygens (including phenoxy) is 2. The van der Waals surface area contributed by atoms with Crippen LogP contribution < -0.4 is 15.4 Å². The standard InChI is InChI=1S/C20H25N3O3/c1-14(2)26-17-7-5-16(6-8-17)23-20(24)15-9-10-21-19(12-15)22-13-18-4-3-11-25-18/h5-10,12,14,18H,3-4,11,13H2,1-2H3,(H,21,22)(H,23,24). The SMILES string of the molecule is CC(C)Oc1ccc(NC(=O)c2ccnc(NCC3CCCO3)c2)cc1. The summed E-state index contributed by atoms with van der Waals surface area (Å²) in [5, 5.41) is 6.13. The first-order valence-electron chi connectivity index (χ1n) is 9.00. The van der Waals surface area contributed by atoms with Gasteiger partial charge in [-0.1, -0.05) is 0 Å². The van der Waals surface area contributed by atoms with E-state index in [2.05, 4.69) is 15.6 Å². The molecule has 6 heteroatoms. The molecule has 2 N–H and O–H groups in total. The molecule has 2 heterocycles. The van der Waals surface area contributed by atoms with Gasteiger partial charge in [0.1, 0.15) is 11.6 Å². The molecule has 0 radical (unpaired) electrons. The summed E-state index contributed by atoms with van der Waals surface area (Å²) in [5.74, 6) is 1.28. The van der Waals surface area contributed by atoms with E-state index in [-0.39, 0.29) is 18.1 Å². The molecule has 0 saturated carbocycles. The number of amides is 1. The summed E-state index contributed by atoms with van der Waals surface area (Å²) in [6.45, 7) is 5.48. The van der Waals surface area contributed by atoms with Crippen LogP contribution in [0.5, 0.6) is 5.75 Å². The van der Waals surface area contributed by atoms with Crippen molar-refractivity contribution in [3.8, 4) is 5.75 Å². The predicted molar refractivity (Wildman–Crippen MR) is 102 cm³/mol. The molecule has 1 saturated heterocycles. The van der Waals surface area contributed by atoms with Crippen molar-refractivity contribution in [2.45, 2.75) is 38.9 Å². The molecule has 2 aromatic rings. The monoisotopic (exact) mass is 355 g/mol. The molecule has 0 aliphatic carbocycles. The van der Waals surface area contributed by atoms with Crippen molar-refractivity contribution in [1.29, 1.82) is 0 Å². The van der Waals surface area contributed by atoms with E-state index in [0.29, 0.717) is 17.9 Å². The van der Waals surface area contributed by atoms with Gasteiger partial charge in [-0.3, -0.25) is 4.79 Å². The van der Waals surface area contributed by atoms with Crippen LogP contribution in [0.3, 0.4) is 0 Å². The lowest BCUT2D eigenvalue weighted by molar-refractivity contribution is 0.102. The van der Waals surface area contributed by atoms with Crippen LogP contribution in [-0.2, 0) is 4.74 Å². The summed E-state index contributed by atoms with van der Waals surface area (Å²) < 4.78 is 11.2. The number of hydrogen-bond acceptors (Lipinski definition) is 5. The number of carbonyl (C=O) groups is 1. The Morgan fingerprint density at radius 3 is 2.81 bits per heavy atom. The number of nitrogens with zero attached hydrogens (tertiary/aromatic N) is 1. The van der Waals surface area contributed by atoms with Crippen LogP contribution in [-0.4, -0.2) is 36.3 Å². The van der Waals surface area contributed by atoms with Gasteiger partial charge in [-0.2, -0.15) is 0 Å². The minimum absolute atomic E-state index is 0.118. The molecule has 1 aromatic heterocycles. The fourth-order valence-corrected chi connectivity index (χ4v) is 2.78. The smallest absolute Gasteiger partial charge is 0.255 e. The van der Waals surface area contributed by atoms with E-state index in [9.17, 15) is 4.79 Å². The number of hydrogen-bond donors (Lipinski definition) is 2. The highest BCUT2D eigenvalue weighted by Crippen LogP contribution is 2.18. The maximum atomic E-state index is 12.5. The highest BCUT2D eigenvalue weighted by Gasteiger charge is 2.15. The van der Waals surface area contributed by atoms with Crippen molar-refractivity contribution in [2.24, 2.45) is 0 Å². The number of benzene rings is 1. The van der Waals surface area contributed by atoms with Gasteiger partial charge in [-0.15, -0.1) is 0 Å². The third-order valence-electron chi connectivity index (χ3n) is 4.04. The summed E-state index contributed by atoms with van der Waals surface area (Å²) in [6, 6.07) is 10.8. The van der Waals surface area contributed by atoms with E-state index in [1.165, 1.54) is 0 Å². The summed E-state index contributed by atoms with van der Waals surface area (Å²) >= 11 is 0. The minimum atomic E-state index is -0.176. The fourth-order valence-electron chi connectivity index (χ4n) is 2.78. The summed E-state index contributed by atoms with van der Waals surface area (Å²) in [4.78, 5) is 16.7. The molecule has 0 bridgehead atoms. The molecule has 0 spiro atoms. The van der Waals surface area contributed by atoms with Crippen LogP contribution in [0.25, 0.3) is 0 Å². The van der Waals surface area contributed by atoms with Crippen molar-refractivity contribution in [3.05, 3.63) is 48.2 Å². The third-order valence-corrected chi connectivity index (χ3v) is 4.04. The number of aromatic nitrogens is 1. The molecule has 6 nitrogen and oxygen atoms in total. The molecule has 3 rings (SSSR count). The predicted octanol–water partition coefficient (Wildman–Crippen LogP) is 3.71. The van der Waals surface area contributed by atoms with Crippen molar-refractivity contribution in [1.82, 2.24) is 4.98 Å². The topological polar surface area (TPSA) is 72.5 Å². The minimum Gasteiger partial charge on any atom is -0.491 e. The maximum absolute atomic E-state index is 12.5. The van der Waals surface area contributed by atoms with Crippen molar-refractivity contribution < 1.29 is 14.3 Å². The molecule has 1 atom stereocenters. The number of rotatable bonds is 7.